The molecule has 3 aromatic rings. The molecule has 1 amide bonds. The molecule has 2 aromatic heterocycles. The molecule has 0 spiro atoms. The molecular weight excluding hydrogens is 424 g/mol. The largest absolute Gasteiger partial charge is 0.490 e. The summed E-state index contributed by atoms with van der Waals surface area (Å²) in [6.45, 7) is 4.49. The van der Waals surface area contributed by atoms with Gasteiger partial charge in [-0.15, -0.1) is 0 Å². The molecule has 0 bridgehead atoms. The lowest BCUT2D eigenvalue weighted by Gasteiger charge is -2.18. The molecule has 1 saturated carbocycles. The predicted molar refractivity (Wildman–Crippen MR) is 125 cm³/mol. The number of nitrogens with one attached hydrogen (secondary N) is 1. The van der Waals surface area contributed by atoms with E-state index in [9.17, 15) is 4.79 Å². The Balaban J connectivity index is 1.41. The number of aryl methyl sites for hydroxylation is 2. The van der Waals surface area contributed by atoms with Crippen LogP contribution in [0.15, 0.2) is 54.9 Å². The van der Waals surface area contributed by atoms with Crippen molar-refractivity contribution in [3.05, 3.63) is 77.0 Å². The van der Waals surface area contributed by atoms with Crippen molar-refractivity contribution < 1.29 is 9.53 Å². The quantitative estimate of drug-likeness (QED) is 0.456. The van der Waals surface area contributed by atoms with Crippen molar-refractivity contribution >= 4 is 23.3 Å². The lowest BCUT2D eigenvalue weighted by molar-refractivity contribution is -0.117. The van der Waals surface area contributed by atoms with Crippen LogP contribution in [0.25, 0.3) is 0 Å². The number of halogens is 1. The molecule has 2 atom stereocenters. The monoisotopic (exact) mass is 450 g/mol. The van der Waals surface area contributed by atoms with Crippen LogP contribution < -0.4 is 10.1 Å². The van der Waals surface area contributed by atoms with Crippen molar-refractivity contribution in [1.82, 2.24) is 15.0 Å². The van der Waals surface area contributed by atoms with E-state index in [1.807, 2.05) is 25.1 Å². The van der Waals surface area contributed by atoms with Crippen LogP contribution in [0, 0.1) is 12.8 Å². The Morgan fingerprint density at radius 3 is 2.72 bits per heavy atom. The van der Waals surface area contributed by atoms with E-state index in [-0.39, 0.29) is 17.2 Å². The third-order valence-corrected chi connectivity index (χ3v) is 6.25. The van der Waals surface area contributed by atoms with Crippen molar-refractivity contribution in [2.24, 2.45) is 5.92 Å². The number of pyridine rings is 1. The Labute approximate surface area is 193 Å². The highest BCUT2D eigenvalue weighted by molar-refractivity contribution is 6.30. The van der Waals surface area contributed by atoms with E-state index in [4.69, 9.17) is 16.3 Å². The maximum Gasteiger partial charge on any atom is 0.229 e. The number of carbonyl (C=O) groups is 1. The third kappa shape index (κ3) is 4.91. The Bertz CT molecular complexity index is 1080. The Hall–Kier alpha value is -2.99. The van der Waals surface area contributed by atoms with Gasteiger partial charge in [-0.3, -0.25) is 4.79 Å². The number of ether oxygens (including phenoxy) is 1. The van der Waals surface area contributed by atoms with Crippen LogP contribution in [-0.2, 0) is 16.6 Å². The van der Waals surface area contributed by atoms with Crippen molar-refractivity contribution in [2.45, 2.75) is 44.9 Å². The molecule has 1 N–H and O–H groups in total. The van der Waals surface area contributed by atoms with E-state index in [1.165, 1.54) is 11.8 Å². The Morgan fingerprint density at radius 1 is 1.19 bits per heavy atom. The SMILES string of the molecule is CCc1nc(C)ncc1OCCC[C@@]1(c2ccccc2)C[C@H]1C(=O)Nc1ccc(Cl)cn1. The zero-order valence-electron chi connectivity index (χ0n) is 18.3. The summed E-state index contributed by atoms with van der Waals surface area (Å²) in [5, 5.41) is 3.48. The third-order valence-electron chi connectivity index (χ3n) is 6.03. The minimum Gasteiger partial charge on any atom is -0.490 e. The molecule has 4 rings (SSSR count). The summed E-state index contributed by atoms with van der Waals surface area (Å²) in [5.41, 5.74) is 1.94. The molecule has 1 aromatic carbocycles. The summed E-state index contributed by atoms with van der Waals surface area (Å²) in [6, 6.07) is 13.7. The first-order valence-corrected chi connectivity index (χ1v) is 11.3. The Morgan fingerprint density at radius 2 is 2.00 bits per heavy atom. The first-order chi connectivity index (χ1) is 15.5. The highest BCUT2D eigenvalue weighted by Crippen LogP contribution is 2.57. The van der Waals surface area contributed by atoms with Gasteiger partial charge in [0.2, 0.25) is 5.91 Å². The van der Waals surface area contributed by atoms with Crippen LogP contribution in [0.4, 0.5) is 5.82 Å². The van der Waals surface area contributed by atoms with Crippen molar-refractivity contribution in [1.29, 1.82) is 0 Å². The van der Waals surface area contributed by atoms with Crippen LogP contribution in [-0.4, -0.2) is 27.5 Å². The minimum atomic E-state index is -0.182. The van der Waals surface area contributed by atoms with Gasteiger partial charge in [-0.25, -0.2) is 15.0 Å². The van der Waals surface area contributed by atoms with E-state index in [1.54, 1.807) is 18.3 Å². The van der Waals surface area contributed by atoms with Crippen LogP contribution in [0.3, 0.4) is 0 Å². The fraction of sp³-hybridized carbons (Fsp3) is 0.360. The molecule has 7 heteroatoms. The topological polar surface area (TPSA) is 77.0 Å². The molecule has 6 nitrogen and oxygen atoms in total. The van der Waals surface area contributed by atoms with Gasteiger partial charge in [-0.2, -0.15) is 0 Å². The molecule has 2 heterocycles. The molecule has 166 valence electrons. The maximum atomic E-state index is 13.0. The number of nitrogens with zero attached hydrogens (tertiary/aromatic N) is 3. The molecule has 1 fully saturated rings. The minimum absolute atomic E-state index is 0.00945. The van der Waals surface area contributed by atoms with Crippen molar-refractivity contribution in [3.8, 4) is 5.75 Å². The molecular formula is C25H27ClN4O2. The van der Waals surface area contributed by atoms with Crippen LogP contribution in [0.5, 0.6) is 5.75 Å². The normalized spacial score (nSPS) is 19.4. The summed E-state index contributed by atoms with van der Waals surface area (Å²) in [7, 11) is 0. The molecule has 1 aliphatic carbocycles. The van der Waals surface area contributed by atoms with Gasteiger partial charge in [0.25, 0.3) is 0 Å². The van der Waals surface area contributed by atoms with Gasteiger partial charge in [-0.05, 0) is 50.3 Å². The molecule has 0 unspecified atom stereocenters. The lowest BCUT2D eigenvalue weighted by Crippen LogP contribution is -2.22. The average molecular weight is 451 g/mol. The van der Waals surface area contributed by atoms with E-state index in [0.717, 1.165) is 43.0 Å². The van der Waals surface area contributed by atoms with Crippen LogP contribution in [0.1, 0.15) is 43.3 Å². The van der Waals surface area contributed by atoms with Crippen molar-refractivity contribution in [3.63, 3.8) is 0 Å². The number of aromatic nitrogens is 3. The van der Waals surface area contributed by atoms with Crippen molar-refractivity contribution in [2.75, 3.05) is 11.9 Å². The van der Waals surface area contributed by atoms with Crippen LogP contribution >= 0.6 is 11.6 Å². The van der Waals surface area contributed by atoms with E-state index in [2.05, 4.69) is 39.3 Å². The van der Waals surface area contributed by atoms with E-state index in [0.29, 0.717) is 17.4 Å². The number of carbonyl (C=O) groups excluding carboxylic acids is 1. The summed E-state index contributed by atoms with van der Waals surface area (Å²) >= 11 is 5.90. The second kappa shape index (κ2) is 9.65. The summed E-state index contributed by atoms with van der Waals surface area (Å²) in [5.74, 6) is 1.90. The first-order valence-electron chi connectivity index (χ1n) is 10.9. The van der Waals surface area contributed by atoms with E-state index >= 15 is 0 Å². The number of hydrogen-bond acceptors (Lipinski definition) is 5. The van der Waals surface area contributed by atoms with Gasteiger partial charge < -0.3 is 10.1 Å². The van der Waals surface area contributed by atoms with Gasteiger partial charge in [0, 0.05) is 17.5 Å². The number of amides is 1. The van der Waals surface area contributed by atoms with Gasteiger partial charge in [0.05, 0.1) is 23.5 Å². The summed E-state index contributed by atoms with van der Waals surface area (Å²) in [6.07, 6.45) is 6.58. The number of anilines is 1. The summed E-state index contributed by atoms with van der Waals surface area (Å²) in [4.78, 5) is 25.9. The molecule has 32 heavy (non-hydrogen) atoms. The number of rotatable bonds is 9. The first kappa shape index (κ1) is 22.2. The number of hydrogen-bond donors (Lipinski definition) is 1. The average Bonchev–Trinajstić information content (AvgIpc) is 3.55. The lowest BCUT2D eigenvalue weighted by atomic mass is 9.88. The highest BCUT2D eigenvalue weighted by Gasteiger charge is 2.58. The van der Waals surface area contributed by atoms with Gasteiger partial charge in [0.1, 0.15) is 11.6 Å². The second-order valence-corrected chi connectivity index (χ2v) is 8.60. The smallest absolute Gasteiger partial charge is 0.229 e. The zero-order chi connectivity index (χ0) is 22.6. The maximum absolute atomic E-state index is 13.0. The fourth-order valence-corrected chi connectivity index (χ4v) is 4.38. The van der Waals surface area contributed by atoms with Gasteiger partial charge >= 0.3 is 0 Å². The predicted octanol–water partition coefficient (Wildman–Crippen LogP) is 5.15. The molecule has 0 saturated heterocycles. The fourth-order valence-electron chi connectivity index (χ4n) is 4.27. The van der Waals surface area contributed by atoms with E-state index < -0.39 is 0 Å². The zero-order valence-corrected chi connectivity index (χ0v) is 19.1. The van der Waals surface area contributed by atoms with Gasteiger partial charge in [0.15, 0.2) is 5.75 Å². The van der Waals surface area contributed by atoms with Gasteiger partial charge in [-0.1, -0.05) is 48.9 Å². The molecule has 0 aliphatic heterocycles. The molecule has 0 radical (unpaired) electrons. The highest BCUT2D eigenvalue weighted by atomic mass is 35.5. The second-order valence-electron chi connectivity index (χ2n) is 8.16. The standard InChI is InChI=1S/C25H27ClN4O2/c1-3-21-22(16-27-17(2)29-21)32-13-7-12-25(18-8-5-4-6-9-18)14-20(25)24(31)30-23-11-10-19(26)15-28-23/h4-6,8-11,15-16,20H,3,7,12-14H2,1-2H3,(H,28,30,31)/t20-,25-/m0/s1. The summed E-state index contributed by atoms with van der Waals surface area (Å²) < 4.78 is 6.00. The van der Waals surface area contributed by atoms with Crippen LogP contribution in [0.2, 0.25) is 5.02 Å². The Kier molecular flexibility index (Phi) is 6.70. The molecule has 1 aliphatic rings. The number of benzene rings is 1.